The van der Waals surface area contributed by atoms with Crippen LogP contribution in [-0.2, 0) is 12.8 Å². The van der Waals surface area contributed by atoms with Gasteiger partial charge in [0.15, 0.2) is 0 Å². The van der Waals surface area contributed by atoms with Crippen LogP contribution in [0.3, 0.4) is 0 Å². The van der Waals surface area contributed by atoms with Gasteiger partial charge in [-0.1, -0.05) is 22.4 Å². The molecule has 1 aliphatic rings. The molecule has 1 heterocycles. The first-order chi connectivity index (χ1) is 9.09. The lowest BCUT2D eigenvalue weighted by Gasteiger charge is -2.15. The summed E-state index contributed by atoms with van der Waals surface area (Å²) in [5.74, 6) is 0. The number of hydrogen-bond donors (Lipinski definition) is 1. The Morgan fingerprint density at radius 3 is 2.68 bits per heavy atom. The number of anilines is 1. The van der Waals surface area contributed by atoms with Crippen LogP contribution in [0.5, 0.6) is 0 Å². The van der Waals surface area contributed by atoms with Gasteiger partial charge in [-0.25, -0.2) is 0 Å². The van der Waals surface area contributed by atoms with Crippen molar-refractivity contribution >= 4 is 32.5 Å². The van der Waals surface area contributed by atoms with Crippen LogP contribution in [0.25, 0.3) is 10.9 Å². The summed E-state index contributed by atoms with van der Waals surface area (Å²) in [6.45, 7) is 4.24. The smallest absolute Gasteiger partial charge is 0.0732 e. The standard InChI is InChI=1S/C16H19BrN2/c1-9-8-13-14(10(2)15(9)17)16(18)11-6-4-3-5-7-12(11)19-13/h8H,3-7H2,1-2H3,(H2,18,19). The molecule has 0 fully saturated rings. The number of rotatable bonds is 0. The Labute approximate surface area is 122 Å². The second-order valence-corrected chi connectivity index (χ2v) is 6.33. The van der Waals surface area contributed by atoms with Crippen molar-refractivity contribution in [1.82, 2.24) is 4.98 Å². The van der Waals surface area contributed by atoms with Crippen molar-refractivity contribution in [3.05, 3.63) is 32.9 Å². The third-order valence-corrected chi connectivity index (χ3v) is 5.42. The van der Waals surface area contributed by atoms with E-state index in [1.165, 1.54) is 41.6 Å². The Morgan fingerprint density at radius 1 is 1.16 bits per heavy atom. The number of nitrogens with two attached hydrogens (primary N) is 1. The molecule has 0 unspecified atom stereocenters. The average Bonchev–Trinajstić information content (AvgIpc) is 2.61. The van der Waals surface area contributed by atoms with Gasteiger partial charge in [-0.15, -0.1) is 0 Å². The van der Waals surface area contributed by atoms with E-state index >= 15 is 0 Å². The molecule has 0 saturated carbocycles. The van der Waals surface area contributed by atoms with Crippen LogP contribution >= 0.6 is 15.9 Å². The second kappa shape index (κ2) is 4.78. The Balaban J connectivity index is 2.38. The zero-order chi connectivity index (χ0) is 13.6. The van der Waals surface area contributed by atoms with Gasteiger partial charge < -0.3 is 5.73 Å². The van der Waals surface area contributed by atoms with E-state index < -0.39 is 0 Å². The molecule has 0 spiro atoms. The number of nitrogens with zero attached hydrogens (tertiary/aromatic N) is 1. The Hall–Kier alpha value is -1.09. The fourth-order valence-electron chi connectivity index (χ4n) is 3.14. The molecule has 0 saturated heterocycles. The summed E-state index contributed by atoms with van der Waals surface area (Å²) in [7, 11) is 0. The summed E-state index contributed by atoms with van der Waals surface area (Å²) in [5, 5.41) is 1.14. The number of halogens is 1. The normalized spacial score (nSPS) is 15.3. The molecule has 100 valence electrons. The van der Waals surface area contributed by atoms with Crippen molar-refractivity contribution in [3.63, 3.8) is 0 Å². The van der Waals surface area contributed by atoms with Crippen molar-refractivity contribution in [2.75, 3.05) is 5.73 Å². The molecule has 1 aromatic carbocycles. The van der Waals surface area contributed by atoms with E-state index in [4.69, 9.17) is 10.7 Å². The minimum atomic E-state index is 0.958. The number of nitrogen functional groups attached to an aromatic ring is 1. The Kier molecular flexibility index (Phi) is 3.25. The molecule has 2 nitrogen and oxygen atoms in total. The highest BCUT2D eigenvalue weighted by Gasteiger charge is 2.18. The summed E-state index contributed by atoms with van der Waals surface area (Å²) in [4.78, 5) is 4.90. The van der Waals surface area contributed by atoms with Gasteiger partial charge in [-0.3, -0.25) is 4.98 Å². The average molecular weight is 319 g/mol. The molecule has 0 radical (unpaired) electrons. The zero-order valence-electron chi connectivity index (χ0n) is 11.5. The van der Waals surface area contributed by atoms with Crippen LogP contribution in [0.1, 0.15) is 41.6 Å². The maximum atomic E-state index is 6.47. The Bertz CT molecular complexity index is 662. The first-order valence-corrected chi connectivity index (χ1v) is 7.75. The van der Waals surface area contributed by atoms with Crippen LogP contribution in [0.15, 0.2) is 10.5 Å². The lowest BCUT2D eigenvalue weighted by molar-refractivity contribution is 0.709. The van der Waals surface area contributed by atoms with Gasteiger partial charge in [-0.2, -0.15) is 0 Å². The molecule has 2 aromatic rings. The van der Waals surface area contributed by atoms with Gasteiger partial charge in [0, 0.05) is 21.2 Å². The number of benzene rings is 1. The van der Waals surface area contributed by atoms with Crippen molar-refractivity contribution in [2.24, 2.45) is 0 Å². The first-order valence-electron chi connectivity index (χ1n) is 6.96. The summed E-state index contributed by atoms with van der Waals surface area (Å²) < 4.78 is 1.15. The maximum absolute atomic E-state index is 6.47. The predicted molar refractivity (Wildman–Crippen MR) is 84.6 cm³/mol. The van der Waals surface area contributed by atoms with E-state index in [0.717, 1.165) is 33.9 Å². The highest BCUT2D eigenvalue weighted by molar-refractivity contribution is 9.10. The molecule has 2 N–H and O–H groups in total. The molecule has 3 heteroatoms. The lowest BCUT2D eigenvalue weighted by Crippen LogP contribution is -2.04. The van der Waals surface area contributed by atoms with Gasteiger partial charge in [0.05, 0.1) is 5.52 Å². The summed E-state index contributed by atoms with van der Waals surface area (Å²) in [5.41, 5.74) is 13.4. The SMILES string of the molecule is Cc1cc2nc3c(c(N)c2c(C)c1Br)CCCCC3. The van der Waals surface area contributed by atoms with E-state index in [1.54, 1.807) is 0 Å². The minimum Gasteiger partial charge on any atom is -0.398 e. The van der Waals surface area contributed by atoms with Gasteiger partial charge in [0.2, 0.25) is 0 Å². The van der Waals surface area contributed by atoms with Crippen molar-refractivity contribution in [1.29, 1.82) is 0 Å². The maximum Gasteiger partial charge on any atom is 0.0732 e. The summed E-state index contributed by atoms with van der Waals surface area (Å²) in [6.07, 6.45) is 5.91. The van der Waals surface area contributed by atoms with Crippen molar-refractivity contribution < 1.29 is 0 Å². The first kappa shape index (κ1) is 12.9. The van der Waals surface area contributed by atoms with E-state index in [1.807, 2.05) is 0 Å². The fraction of sp³-hybridized carbons (Fsp3) is 0.438. The number of hydrogen-bond acceptors (Lipinski definition) is 2. The molecule has 0 amide bonds. The molecule has 1 aliphatic carbocycles. The highest BCUT2D eigenvalue weighted by Crippen LogP contribution is 2.36. The molecule has 19 heavy (non-hydrogen) atoms. The van der Waals surface area contributed by atoms with Crippen LogP contribution < -0.4 is 5.73 Å². The van der Waals surface area contributed by atoms with Gasteiger partial charge in [0.25, 0.3) is 0 Å². The lowest BCUT2D eigenvalue weighted by atomic mass is 9.98. The zero-order valence-corrected chi connectivity index (χ0v) is 13.1. The molecule has 1 aromatic heterocycles. The predicted octanol–water partition coefficient (Wildman–Crippen LogP) is 4.47. The van der Waals surface area contributed by atoms with Crippen LogP contribution in [0.4, 0.5) is 5.69 Å². The third-order valence-electron chi connectivity index (χ3n) is 4.20. The largest absolute Gasteiger partial charge is 0.398 e. The van der Waals surface area contributed by atoms with E-state index in [0.29, 0.717) is 0 Å². The second-order valence-electron chi connectivity index (χ2n) is 5.54. The Morgan fingerprint density at radius 2 is 1.89 bits per heavy atom. The summed E-state index contributed by atoms with van der Waals surface area (Å²) >= 11 is 3.66. The monoisotopic (exact) mass is 318 g/mol. The molecule has 0 atom stereocenters. The van der Waals surface area contributed by atoms with Crippen molar-refractivity contribution in [3.8, 4) is 0 Å². The number of fused-ring (bicyclic) bond motifs is 2. The highest BCUT2D eigenvalue weighted by atomic mass is 79.9. The van der Waals surface area contributed by atoms with E-state index in [9.17, 15) is 0 Å². The number of aryl methyl sites for hydroxylation is 3. The topological polar surface area (TPSA) is 38.9 Å². The molecule has 3 rings (SSSR count). The van der Waals surface area contributed by atoms with Gasteiger partial charge in [-0.05, 0) is 62.3 Å². The fourth-order valence-corrected chi connectivity index (χ4v) is 3.46. The van der Waals surface area contributed by atoms with Gasteiger partial charge >= 0.3 is 0 Å². The number of pyridine rings is 1. The minimum absolute atomic E-state index is 0.958. The quantitative estimate of drug-likeness (QED) is 0.728. The van der Waals surface area contributed by atoms with Gasteiger partial charge in [0.1, 0.15) is 0 Å². The number of aromatic nitrogens is 1. The molecule has 0 bridgehead atoms. The van der Waals surface area contributed by atoms with Crippen LogP contribution in [-0.4, -0.2) is 4.98 Å². The van der Waals surface area contributed by atoms with Crippen molar-refractivity contribution in [2.45, 2.75) is 46.0 Å². The molecular weight excluding hydrogens is 300 g/mol. The molecular formula is C16H19BrN2. The van der Waals surface area contributed by atoms with Crippen LogP contribution in [0.2, 0.25) is 0 Å². The van der Waals surface area contributed by atoms with E-state index in [2.05, 4.69) is 35.8 Å². The third kappa shape index (κ3) is 2.04. The van der Waals surface area contributed by atoms with E-state index in [-0.39, 0.29) is 0 Å². The van der Waals surface area contributed by atoms with Crippen LogP contribution in [0, 0.1) is 13.8 Å². The summed E-state index contributed by atoms with van der Waals surface area (Å²) in [6, 6.07) is 2.15. The molecule has 0 aliphatic heterocycles.